The highest BCUT2D eigenvalue weighted by molar-refractivity contribution is 7.90. The molecule has 0 unspecified atom stereocenters. The van der Waals surface area contributed by atoms with Crippen molar-refractivity contribution in [1.82, 2.24) is 10.3 Å². The molecule has 2 rings (SSSR count). The van der Waals surface area contributed by atoms with Crippen molar-refractivity contribution in [2.45, 2.75) is 19.2 Å². The van der Waals surface area contributed by atoms with E-state index in [2.05, 4.69) is 10.3 Å². The zero-order valence-electron chi connectivity index (χ0n) is 11.6. The highest BCUT2D eigenvalue weighted by atomic mass is 32.2. The maximum absolute atomic E-state index is 11.4. The van der Waals surface area contributed by atoms with Gasteiger partial charge in [0.2, 0.25) is 0 Å². The fourth-order valence-corrected chi connectivity index (χ4v) is 4.14. The van der Waals surface area contributed by atoms with E-state index in [4.69, 9.17) is 0 Å². The van der Waals surface area contributed by atoms with Gasteiger partial charge in [0.15, 0.2) is 9.84 Å². The van der Waals surface area contributed by atoms with Crippen LogP contribution in [0.2, 0.25) is 0 Å². The van der Waals surface area contributed by atoms with Gasteiger partial charge in [-0.05, 0) is 12.1 Å². The summed E-state index contributed by atoms with van der Waals surface area (Å²) in [6.45, 7) is 3.54. The van der Waals surface area contributed by atoms with Crippen molar-refractivity contribution in [3.8, 4) is 10.4 Å². The Bertz CT molecular complexity index is 664. The van der Waals surface area contributed by atoms with E-state index in [0.29, 0.717) is 11.6 Å². The zero-order chi connectivity index (χ0) is 14.6. The maximum atomic E-state index is 11.4. The molecule has 1 aromatic carbocycles. The van der Waals surface area contributed by atoms with Crippen molar-refractivity contribution < 1.29 is 8.42 Å². The number of aromatic nitrogens is 1. The molecule has 0 spiro atoms. The summed E-state index contributed by atoms with van der Waals surface area (Å²) in [4.78, 5) is 5.53. The van der Waals surface area contributed by atoms with Crippen LogP contribution in [0.5, 0.6) is 0 Å². The standard InChI is InChI=1S/C14H18N2O2S2/c1-3-15-9-12-14(11-7-5-4-6-8-11)19-13(16-12)10-20(2,17)18/h4-8,15H,3,9-10H2,1-2H3. The zero-order valence-corrected chi connectivity index (χ0v) is 13.2. The Labute approximate surface area is 123 Å². The summed E-state index contributed by atoms with van der Waals surface area (Å²) in [5.74, 6) is 0.00360. The molecule has 0 aliphatic heterocycles. The molecular formula is C14H18N2O2S2. The van der Waals surface area contributed by atoms with Crippen LogP contribution in [0.15, 0.2) is 30.3 Å². The molecule has 1 aromatic heterocycles. The predicted octanol–water partition coefficient (Wildman–Crippen LogP) is 2.46. The topological polar surface area (TPSA) is 59.1 Å². The average molecular weight is 310 g/mol. The van der Waals surface area contributed by atoms with E-state index < -0.39 is 9.84 Å². The van der Waals surface area contributed by atoms with Crippen LogP contribution in [0.3, 0.4) is 0 Å². The summed E-state index contributed by atoms with van der Waals surface area (Å²) in [6.07, 6.45) is 1.24. The maximum Gasteiger partial charge on any atom is 0.153 e. The fraction of sp³-hybridized carbons (Fsp3) is 0.357. The van der Waals surface area contributed by atoms with Gasteiger partial charge in [-0.1, -0.05) is 37.3 Å². The molecular weight excluding hydrogens is 292 g/mol. The summed E-state index contributed by atoms with van der Waals surface area (Å²) in [5, 5.41) is 3.90. The number of hydrogen-bond donors (Lipinski definition) is 1. The van der Waals surface area contributed by atoms with E-state index in [-0.39, 0.29) is 5.75 Å². The summed E-state index contributed by atoms with van der Waals surface area (Å²) in [5.41, 5.74) is 2.00. The van der Waals surface area contributed by atoms with E-state index in [0.717, 1.165) is 22.7 Å². The first-order chi connectivity index (χ1) is 9.49. The van der Waals surface area contributed by atoms with Crippen molar-refractivity contribution in [1.29, 1.82) is 0 Å². The highest BCUT2D eigenvalue weighted by Gasteiger charge is 2.15. The summed E-state index contributed by atoms with van der Waals surface area (Å²) < 4.78 is 22.8. The fourth-order valence-electron chi connectivity index (χ4n) is 1.87. The molecule has 0 atom stereocenters. The van der Waals surface area contributed by atoms with Gasteiger partial charge < -0.3 is 5.32 Å². The van der Waals surface area contributed by atoms with Crippen molar-refractivity contribution in [2.75, 3.05) is 12.8 Å². The second-order valence-electron chi connectivity index (χ2n) is 4.60. The van der Waals surface area contributed by atoms with E-state index in [1.165, 1.54) is 17.6 Å². The molecule has 0 fully saturated rings. The SMILES string of the molecule is CCNCc1nc(CS(C)(=O)=O)sc1-c1ccccc1. The molecule has 20 heavy (non-hydrogen) atoms. The lowest BCUT2D eigenvalue weighted by Crippen LogP contribution is -2.12. The number of nitrogens with zero attached hydrogens (tertiary/aromatic N) is 1. The largest absolute Gasteiger partial charge is 0.311 e. The van der Waals surface area contributed by atoms with Gasteiger partial charge in [-0.3, -0.25) is 0 Å². The Kier molecular flexibility index (Phi) is 4.91. The Morgan fingerprint density at radius 2 is 1.95 bits per heavy atom. The van der Waals surface area contributed by atoms with Crippen LogP contribution < -0.4 is 5.32 Å². The minimum atomic E-state index is -3.06. The first-order valence-corrected chi connectivity index (χ1v) is 9.29. The predicted molar refractivity (Wildman–Crippen MR) is 83.5 cm³/mol. The average Bonchev–Trinajstić information content (AvgIpc) is 2.78. The number of hydrogen-bond acceptors (Lipinski definition) is 5. The van der Waals surface area contributed by atoms with Crippen LogP contribution >= 0.6 is 11.3 Å². The highest BCUT2D eigenvalue weighted by Crippen LogP contribution is 2.31. The van der Waals surface area contributed by atoms with E-state index in [9.17, 15) is 8.42 Å². The molecule has 108 valence electrons. The molecule has 1 heterocycles. The monoisotopic (exact) mass is 310 g/mol. The van der Waals surface area contributed by atoms with Gasteiger partial charge in [0.05, 0.1) is 10.6 Å². The summed E-state index contributed by atoms with van der Waals surface area (Å²) >= 11 is 1.46. The molecule has 0 aliphatic rings. The third kappa shape index (κ3) is 4.13. The second-order valence-corrected chi connectivity index (χ2v) is 7.82. The van der Waals surface area contributed by atoms with Crippen molar-refractivity contribution in [3.05, 3.63) is 41.0 Å². The van der Waals surface area contributed by atoms with Gasteiger partial charge in [-0.15, -0.1) is 11.3 Å². The lowest BCUT2D eigenvalue weighted by atomic mass is 10.1. The molecule has 4 nitrogen and oxygen atoms in total. The Morgan fingerprint density at radius 3 is 2.55 bits per heavy atom. The lowest BCUT2D eigenvalue weighted by molar-refractivity contribution is 0.601. The summed E-state index contributed by atoms with van der Waals surface area (Å²) in [6, 6.07) is 9.96. The molecule has 2 aromatic rings. The molecule has 0 amide bonds. The molecule has 0 saturated heterocycles. The van der Waals surface area contributed by atoms with Crippen molar-refractivity contribution in [2.24, 2.45) is 0 Å². The molecule has 0 radical (unpaired) electrons. The van der Waals surface area contributed by atoms with E-state index in [1.807, 2.05) is 37.3 Å². The molecule has 1 N–H and O–H groups in total. The number of sulfone groups is 1. The van der Waals surface area contributed by atoms with Crippen LogP contribution in [0.4, 0.5) is 0 Å². The van der Waals surface area contributed by atoms with Crippen LogP contribution in [0.25, 0.3) is 10.4 Å². The number of nitrogens with one attached hydrogen (secondary N) is 1. The van der Waals surface area contributed by atoms with Gasteiger partial charge in [0.1, 0.15) is 10.8 Å². The van der Waals surface area contributed by atoms with Crippen LogP contribution in [0.1, 0.15) is 17.6 Å². The first-order valence-electron chi connectivity index (χ1n) is 6.42. The van der Waals surface area contributed by atoms with Gasteiger partial charge in [0.25, 0.3) is 0 Å². The Hall–Kier alpha value is -1.24. The number of thiazole rings is 1. The van der Waals surface area contributed by atoms with E-state index in [1.54, 1.807) is 0 Å². The smallest absolute Gasteiger partial charge is 0.153 e. The number of benzene rings is 1. The van der Waals surface area contributed by atoms with Gasteiger partial charge in [-0.2, -0.15) is 0 Å². The molecule has 6 heteroatoms. The van der Waals surface area contributed by atoms with E-state index >= 15 is 0 Å². The normalized spacial score (nSPS) is 11.7. The van der Waals surface area contributed by atoms with Crippen LogP contribution in [-0.2, 0) is 22.1 Å². The minimum absolute atomic E-state index is 0.00360. The lowest BCUT2D eigenvalue weighted by Gasteiger charge is -2.02. The Balaban J connectivity index is 2.37. The minimum Gasteiger partial charge on any atom is -0.311 e. The quantitative estimate of drug-likeness (QED) is 0.890. The first kappa shape index (κ1) is 15.2. The van der Waals surface area contributed by atoms with Gasteiger partial charge >= 0.3 is 0 Å². The van der Waals surface area contributed by atoms with Gasteiger partial charge in [-0.25, -0.2) is 13.4 Å². The van der Waals surface area contributed by atoms with Crippen molar-refractivity contribution >= 4 is 21.2 Å². The Morgan fingerprint density at radius 1 is 1.25 bits per heavy atom. The molecule has 0 aliphatic carbocycles. The van der Waals surface area contributed by atoms with Crippen molar-refractivity contribution in [3.63, 3.8) is 0 Å². The second kappa shape index (κ2) is 6.47. The number of rotatable bonds is 6. The molecule has 0 bridgehead atoms. The third-order valence-electron chi connectivity index (χ3n) is 2.71. The van der Waals surface area contributed by atoms with Crippen LogP contribution in [0, 0.1) is 0 Å². The third-order valence-corrected chi connectivity index (χ3v) is 4.83. The summed E-state index contributed by atoms with van der Waals surface area (Å²) in [7, 11) is -3.06. The molecule has 0 saturated carbocycles. The van der Waals surface area contributed by atoms with Crippen LogP contribution in [-0.4, -0.2) is 26.2 Å². The van der Waals surface area contributed by atoms with Gasteiger partial charge in [0, 0.05) is 12.8 Å².